The minimum atomic E-state index is -3.86. The van der Waals surface area contributed by atoms with Gasteiger partial charge in [-0.2, -0.15) is 4.31 Å². The fourth-order valence-corrected chi connectivity index (χ4v) is 3.70. The van der Waals surface area contributed by atoms with Crippen molar-refractivity contribution in [3.05, 3.63) is 72.6 Å². The highest BCUT2D eigenvalue weighted by Gasteiger charge is 2.23. The second kappa shape index (κ2) is 8.15. The third kappa shape index (κ3) is 4.33. The van der Waals surface area contributed by atoms with E-state index in [0.29, 0.717) is 5.56 Å². The van der Waals surface area contributed by atoms with Crippen LogP contribution < -0.4 is 10.9 Å². The van der Waals surface area contributed by atoms with Gasteiger partial charge in [0, 0.05) is 25.0 Å². The quantitative estimate of drug-likeness (QED) is 0.630. The Kier molecular flexibility index (Phi) is 5.67. The van der Waals surface area contributed by atoms with Crippen LogP contribution >= 0.6 is 0 Å². The van der Waals surface area contributed by atoms with Gasteiger partial charge in [-0.15, -0.1) is 0 Å². The molecule has 0 saturated carbocycles. The smallest absolute Gasteiger partial charge is 0.269 e. The maximum Gasteiger partial charge on any atom is 0.269 e. The third-order valence-corrected chi connectivity index (χ3v) is 5.85. The number of nitrogens with zero attached hydrogens (tertiary/aromatic N) is 2. The van der Waals surface area contributed by atoms with Gasteiger partial charge in [0.05, 0.1) is 11.4 Å². The molecule has 0 spiro atoms. The molecule has 2 aromatic carbocycles. The van der Waals surface area contributed by atoms with Crippen molar-refractivity contribution >= 4 is 32.6 Å². The first kappa shape index (κ1) is 19.5. The summed E-state index contributed by atoms with van der Waals surface area (Å²) in [6, 6.07) is 15.1. The average Bonchev–Trinajstić information content (AvgIpc) is 2.72. The number of rotatable bonds is 5. The molecule has 0 unspecified atom stereocenters. The number of sulfonamides is 1. The number of hydrogen-bond acceptors (Lipinski definition) is 5. The number of nitrogens with one attached hydrogen (secondary N) is 2. The highest BCUT2D eigenvalue weighted by atomic mass is 32.2. The summed E-state index contributed by atoms with van der Waals surface area (Å²) < 4.78 is 26.4. The Morgan fingerprint density at radius 2 is 1.64 bits per heavy atom. The Hall–Kier alpha value is -3.30. The van der Waals surface area contributed by atoms with E-state index in [9.17, 15) is 18.0 Å². The number of aromatic nitrogens is 1. The van der Waals surface area contributed by atoms with Crippen LogP contribution in [-0.2, 0) is 14.8 Å². The minimum absolute atomic E-state index is 0.0855. The lowest BCUT2D eigenvalue weighted by Gasteiger charge is -2.17. The van der Waals surface area contributed by atoms with Gasteiger partial charge in [0.2, 0.25) is 10.0 Å². The molecule has 8 nitrogen and oxygen atoms in total. The van der Waals surface area contributed by atoms with Crippen LogP contribution in [0.4, 0.5) is 0 Å². The second-order valence-electron chi connectivity index (χ2n) is 6.01. The standard InChI is InChI=1S/C19H18N4O4S/c1-23(13-18(24)21-22-19(25)15-8-10-20-11-9-15)28(26,27)17-7-6-14-4-2-3-5-16(14)12-17/h2-12H,13H2,1H3,(H,21,24)(H,22,25). The van der Waals surface area contributed by atoms with Crippen LogP contribution in [0.25, 0.3) is 10.8 Å². The summed E-state index contributed by atoms with van der Waals surface area (Å²) in [6.07, 6.45) is 2.89. The molecule has 1 aromatic heterocycles. The van der Waals surface area contributed by atoms with Crippen LogP contribution in [0.15, 0.2) is 71.9 Å². The molecule has 2 amide bonds. The average molecular weight is 398 g/mol. The lowest BCUT2D eigenvalue weighted by atomic mass is 10.1. The zero-order valence-corrected chi connectivity index (χ0v) is 15.8. The Morgan fingerprint density at radius 3 is 2.36 bits per heavy atom. The number of benzene rings is 2. The van der Waals surface area contributed by atoms with Crippen LogP contribution in [0.1, 0.15) is 10.4 Å². The van der Waals surface area contributed by atoms with E-state index in [1.807, 2.05) is 24.3 Å². The molecule has 9 heteroatoms. The van der Waals surface area contributed by atoms with Gasteiger partial charge >= 0.3 is 0 Å². The van der Waals surface area contributed by atoms with Crippen LogP contribution in [0.5, 0.6) is 0 Å². The molecule has 1 heterocycles. The van der Waals surface area contributed by atoms with E-state index in [-0.39, 0.29) is 4.90 Å². The molecule has 0 bridgehead atoms. The van der Waals surface area contributed by atoms with Crippen molar-refractivity contribution in [2.75, 3.05) is 13.6 Å². The highest BCUT2D eigenvalue weighted by Crippen LogP contribution is 2.21. The molecule has 3 rings (SSSR count). The molecule has 2 N–H and O–H groups in total. The van der Waals surface area contributed by atoms with Gasteiger partial charge in [-0.25, -0.2) is 8.42 Å². The summed E-state index contributed by atoms with van der Waals surface area (Å²) in [6.45, 7) is -0.453. The van der Waals surface area contributed by atoms with E-state index in [0.717, 1.165) is 15.1 Å². The van der Waals surface area contributed by atoms with Gasteiger partial charge < -0.3 is 0 Å². The van der Waals surface area contributed by atoms with Crippen LogP contribution in [0.3, 0.4) is 0 Å². The monoisotopic (exact) mass is 398 g/mol. The Bertz CT molecular complexity index is 1120. The zero-order chi connectivity index (χ0) is 20.1. The first-order valence-electron chi connectivity index (χ1n) is 8.32. The van der Waals surface area contributed by atoms with E-state index in [4.69, 9.17) is 0 Å². The highest BCUT2D eigenvalue weighted by molar-refractivity contribution is 7.89. The Morgan fingerprint density at radius 1 is 0.964 bits per heavy atom. The summed E-state index contributed by atoms with van der Waals surface area (Å²) >= 11 is 0. The predicted molar refractivity (Wildman–Crippen MR) is 104 cm³/mol. The van der Waals surface area contributed by atoms with E-state index in [1.54, 1.807) is 12.1 Å². The fourth-order valence-electron chi connectivity index (χ4n) is 2.54. The normalized spacial score (nSPS) is 11.4. The van der Waals surface area contributed by atoms with E-state index >= 15 is 0 Å². The third-order valence-electron chi connectivity index (χ3n) is 4.05. The summed E-state index contributed by atoms with van der Waals surface area (Å²) in [5.74, 6) is -1.20. The number of carbonyl (C=O) groups is 2. The van der Waals surface area contributed by atoms with E-state index in [2.05, 4.69) is 15.8 Å². The van der Waals surface area contributed by atoms with E-state index in [1.165, 1.54) is 37.6 Å². The lowest BCUT2D eigenvalue weighted by molar-refractivity contribution is -0.121. The Labute approximate surface area is 162 Å². The number of amides is 2. The molecule has 0 radical (unpaired) electrons. The summed E-state index contributed by atoms with van der Waals surface area (Å²) in [5, 5.41) is 1.70. The van der Waals surface area contributed by atoms with Gasteiger partial charge in [-0.1, -0.05) is 30.3 Å². The lowest BCUT2D eigenvalue weighted by Crippen LogP contribution is -2.46. The predicted octanol–water partition coefficient (Wildman–Crippen LogP) is 1.32. The second-order valence-corrected chi connectivity index (χ2v) is 8.05. The molecule has 144 valence electrons. The molecule has 0 saturated heterocycles. The molecule has 0 aliphatic carbocycles. The van der Waals surface area contributed by atoms with Crippen molar-refractivity contribution in [2.45, 2.75) is 4.90 Å². The first-order chi connectivity index (χ1) is 13.4. The SMILES string of the molecule is CN(CC(=O)NNC(=O)c1ccncc1)S(=O)(=O)c1ccc2ccccc2c1. The number of likely N-dealkylation sites (N-methyl/N-ethyl adjacent to an activating group) is 1. The van der Waals surface area contributed by atoms with Crippen LogP contribution in [0.2, 0.25) is 0 Å². The van der Waals surface area contributed by atoms with Gasteiger partial charge in [0.1, 0.15) is 0 Å². The number of hydrogen-bond donors (Lipinski definition) is 2. The molecular weight excluding hydrogens is 380 g/mol. The number of carbonyl (C=O) groups excluding carboxylic acids is 2. The van der Waals surface area contributed by atoms with Gasteiger partial charge in [0.25, 0.3) is 11.8 Å². The topological polar surface area (TPSA) is 108 Å². The summed E-state index contributed by atoms with van der Waals surface area (Å²) in [7, 11) is -2.56. The van der Waals surface area contributed by atoms with Gasteiger partial charge in [-0.05, 0) is 35.0 Å². The molecule has 0 atom stereocenters. The molecule has 28 heavy (non-hydrogen) atoms. The number of fused-ring (bicyclic) bond motifs is 1. The van der Waals surface area contributed by atoms with Crippen molar-refractivity contribution in [3.8, 4) is 0 Å². The van der Waals surface area contributed by atoms with Crippen LogP contribution in [-0.4, -0.2) is 43.1 Å². The summed E-state index contributed by atoms with van der Waals surface area (Å²) in [4.78, 5) is 27.8. The van der Waals surface area contributed by atoms with Crippen LogP contribution in [0, 0.1) is 0 Å². The summed E-state index contributed by atoms with van der Waals surface area (Å²) in [5.41, 5.74) is 4.74. The van der Waals surface area contributed by atoms with Gasteiger partial charge in [-0.3, -0.25) is 25.4 Å². The van der Waals surface area contributed by atoms with Crippen molar-refractivity contribution in [2.24, 2.45) is 0 Å². The zero-order valence-electron chi connectivity index (χ0n) is 15.0. The largest absolute Gasteiger partial charge is 0.272 e. The minimum Gasteiger partial charge on any atom is -0.272 e. The fraction of sp³-hybridized carbons (Fsp3) is 0.105. The molecule has 0 aliphatic heterocycles. The van der Waals surface area contributed by atoms with E-state index < -0.39 is 28.4 Å². The maximum atomic E-state index is 12.7. The molecule has 0 fully saturated rings. The van der Waals surface area contributed by atoms with Crippen molar-refractivity contribution < 1.29 is 18.0 Å². The Balaban J connectivity index is 1.64. The molecule has 3 aromatic rings. The number of pyridine rings is 1. The first-order valence-corrected chi connectivity index (χ1v) is 9.76. The molecular formula is C19H18N4O4S. The van der Waals surface area contributed by atoms with Crippen molar-refractivity contribution in [3.63, 3.8) is 0 Å². The van der Waals surface area contributed by atoms with Crippen molar-refractivity contribution in [1.82, 2.24) is 20.1 Å². The maximum absolute atomic E-state index is 12.7. The van der Waals surface area contributed by atoms with Gasteiger partial charge in [0.15, 0.2) is 0 Å². The van der Waals surface area contributed by atoms with Crippen molar-refractivity contribution in [1.29, 1.82) is 0 Å². The number of hydrazine groups is 1. The molecule has 0 aliphatic rings.